The summed E-state index contributed by atoms with van der Waals surface area (Å²) < 4.78 is 0. The third kappa shape index (κ3) is 2.91. The first-order chi connectivity index (χ1) is 11.8. The zero-order chi connectivity index (χ0) is 18.2. The van der Waals surface area contributed by atoms with Crippen molar-refractivity contribution in [1.82, 2.24) is 4.98 Å². The van der Waals surface area contributed by atoms with Crippen LogP contribution in [0.3, 0.4) is 0 Å². The van der Waals surface area contributed by atoms with Gasteiger partial charge in [0.1, 0.15) is 5.01 Å². The Morgan fingerprint density at radius 2 is 2.12 bits per heavy atom. The second-order valence-corrected chi connectivity index (χ2v) is 7.28. The van der Waals surface area contributed by atoms with Gasteiger partial charge in [0.2, 0.25) is 5.78 Å². The van der Waals surface area contributed by atoms with Crippen molar-refractivity contribution in [2.45, 2.75) is 32.2 Å². The summed E-state index contributed by atoms with van der Waals surface area (Å²) in [5.41, 5.74) is -0.547. The molecular formula is C18H17N3O3S. The van der Waals surface area contributed by atoms with Crippen LogP contribution >= 0.6 is 11.3 Å². The fourth-order valence-corrected chi connectivity index (χ4v) is 3.68. The fourth-order valence-electron chi connectivity index (χ4n) is 2.64. The molecule has 0 amide bonds. The minimum atomic E-state index is -1.24. The number of rotatable bonds is 5. The number of ketones is 1. The highest BCUT2D eigenvalue weighted by Crippen LogP contribution is 2.38. The number of aromatic nitrogens is 1. The van der Waals surface area contributed by atoms with Crippen LogP contribution in [0.1, 0.15) is 45.6 Å². The Bertz CT molecular complexity index is 900. The van der Waals surface area contributed by atoms with Gasteiger partial charge in [-0.2, -0.15) is 0 Å². The molecule has 0 saturated heterocycles. The standard InChI is InChI=1S/C18H17N3O3S/c1-11(2)15-10-19-17(25-15)18(7-4-8-20-18)16(22)13-6-5-12(3)14(9-13)21(23)24/h4-11H,1-3H3. The van der Waals surface area contributed by atoms with Crippen LogP contribution in [0.4, 0.5) is 5.69 Å². The smallest absolute Gasteiger partial charge is 0.273 e. The number of nitro benzene ring substituents is 1. The first-order valence-electron chi connectivity index (χ1n) is 7.84. The Balaban J connectivity index is 2.08. The zero-order valence-corrected chi connectivity index (χ0v) is 14.9. The first kappa shape index (κ1) is 17.2. The summed E-state index contributed by atoms with van der Waals surface area (Å²) in [6.07, 6.45) is 6.73. The molecule has 0 aliphatic carbocycles. The number of thiazole rings is 1. The van der Waals surface area contributed by atoms with Crippen molar-refractivity contribution in [3.05, 3.63) is 67.7 Å². The first-order valence-corrected chi connectivity index (χ1v) is 8.66. The lowest BCUT2D eigenvalue weighted by atomic mass is 9.90. The molecule has 0 N–H and O–H groups in total. The number of carbonyl (C=O) groups excluding carboxylic acids is 1. The molecule has 1 unspecified atom stereocenters. The van der Waals surface area contributed by atoms with Crippen LogP contribution in [-0.4, -0.2) is 21.9 Å². The van der Waals surface area contributed by atoms with Gasteiger partial charge in [-0.3, -0.25) is 19.9 Å². The molecule has 1 aliphatic rings. The Hall–Kier alpha value is -2.67. The minimum Gasteiger partial charge on any atom is -0.291 e. The van der Waals surface area contributed by atoms with Gasteiger partial charge >= 0.3 is 0 Å². The van der Waals surface area contributed by atoms with E-state index in [1.165, 1.54) is 17.4 Å². The lowest BCUT2D eigenvalue weighted by molar-refractivity contribution is -0.385. The number of aryl methyl sites for hydroxylation is 1. The zero-order valence-electron chi connectivity index (χ0n) is 14.1. The Labute approximate surface area is 149 Å². The normalized spacial score (nSPS) is 18.9. The molecule has 0 spiro atoms. The molecule has 0 bridgehead atoms. The van der Waals surface area contributed by atoms with E-state index in [2.05, 4.69) is 23.8 Å². The van der Waals surface area contributed by atoms with Crippen molar-refractivity contribution in [1.29, 1.82) is 0 Å². The number of allylic oxidation sites excluding steroid dienone is 1. The van der Waals surface area contributed by atoms with Crippen LogP contribution in [0.2, 0.25) is 0 Å². The number of aliphatic imine (C=N–C) groups is 1. The number of benzene rings is 1. The Morgan fingerprint density at radius 1 is 1.36 bits per heavy atom. The number of hydrogen-bond acceptors (Lipinski definition) is 6. The van der Waals surface area contributed by atoms with Gasteiger partial charge in [-0.15, -0.1) is 11.3 Å². The van der Waals surface area contributed by atoms with Gasteiger partial charge in [0.25, 0.3) is 5.69 Å². The van der Waals surface area contributed by atoms with Crippen molar-refractivity contribution in [3.8, 4) is 0 Å². The Morgan fingerprint density at radius 3 is 2.68 bits per heavy atom. The molecular weight excluding hydrogens is 338 g/mol. The SMILES string of the molecule is Cc1ccc(C(=O)C2(c3ncc(C(C)C)s3)C=CC=N2)cc1[N+](=O)[O-]. The van der Waals surface area contributed by atoms with Crippen LogP contribution in [0.15, 0.2) is 41.5 Å². The van der Waals surface area contributed by atoms with Crippen LogP contribution in [0.5, 0.6) is 0 Å². The number of Topliss-reactive ketones (excluding diaryl/α,β-unsaturated/α-hetero) is 1. The molecule has 0 fully saturated rings. The maximum atomic E-state index is 13.2. The van der Waals surface area contributed by atoms with Gasteiger partial charge in [-0.25, -0.2) is 4.98 Å². The van der Waals surface area contributed by atoms with Crippen LogP contribution in [0, 0.1) is 17.0 Å². The quantitative estimate of drug-likeness (QED) is 0.457. The van der Waals surface area contributed by atoms with Gasteiger partial charge in [-0.1, -0.05) is 26.0 Å². The molecule has 2 heterocycles. The third-order valence-corrected chi connectivity index (χ3v) is 5.56. The lowest BCUT2D eigenvalue weighted by Crippen LogP contribution is -2.30. The summed E-state index contributed by atoms with van der Waals surface area (Å²) in [5, 5.41) is 11.8. The summed E-state index contributed by atoms with van der Waals surface area (Å²) in [5.74, 6) is -0.0153. The van der Waals surface area contributed by atoms with Crippen molar-refractivity contribution >= 4 is 29.0 Å². The maximum absolute atomic E-state index is 13.2. The molecule has 0 radical (unpaired) electrons. The second kappa shape index (κ2) is 6.33. The Kier molecular flexibility index (Phi) is 4.34. The number of carbonyl (C=O) groups is 1. The highest BCUT2D eigenvalue weighted by molar-refractivity contribution is 7.12. The summed E-state index contributed by atoms with van der Waals surface area (Å²) in [6.45, 7) is 5.76. The minimum absolute atomic E-state index is 0.0750. The van der Waals surface area contributed by atoms with Crippen molar-refractivity contribution < 1.29 is 9.72 Å². The summed E-state index contributed by atoms with van der Waals surface area (Å²) in [6, 6.07) is 4.51. The molecule has 0 saturated carbocycles. The summed E-state index contributed by atoms with van der Waals surface area (Å²) in [7, 11) is 0. The molecule has 1 aromatic heterocycles. The van der Waals surface area contributed by atoms with E-state index in [1.807, 2.05) is 0 Å². The van der Waals surface area contributed by atoms with Gasteiger partial charge < -0.3 is 0 Å². The second-order valence-electron chi connectivity index (χ2n) is 6.21. The average molecular weight is 355 g/mol. The van der Waals surface area contributed by atoms with Crippen LogP contribution in [0.25, 0.3) is 0 Å². The molecule has 128 valence electrons. The molecule has 1 atom stereocenters. The maximum Gasteiger partial charge on any atom is 0.273 e. The van der Waals surface area contributed by atoms with E-state index in [1.54, 1.807) is 43.6 Å². The van der Waals surface area contributed by atoms with E-state index in [0.717, 1.165) is 4.88 Å². The topological polar surface area (TPSA) is 85.5 Å². The van der Waals surface area contributed by atoms with E-state index < -0.39 is 10.5 Å². The summed E-state index contributed by atoms with van der Waals surface area (Å²) in [4.78, 5) is 33.8. The largest absolute Gasteiger partial charge is 0.291 e. The third-order valence-electron chi connectivity index (χ3n) is 4.13. The number of nitrogens with zero attached hydrogens (tertiary/aromatic N) is 3. The van der Waals surface area contributed by atoms with Crippen LogP contribution < -0.4 is 0 Å². The fraction of sp³-hybridized carbons (Fsp3) is 0.278. The molecule has 1 aromatic carbocycles. The van der Waals surface area contributed by atoms with Gasteiger partial charge in [0.15, 0.2) is 5.54 Å². The molecule has 7 heteroatoms. The van der Waals surface area contributed by atoms with Crippen LogP contribution in [-0.2, 0) is 5.54 Å². The number of hydrogen-bond donors (Lipinski definition) is 0. The van der Waals surface area contributed by atoms with Gasteiger partial charge in [-0.05, 0) is 25.0 Å². The van der Waals surface area contributed by atoms with Crippen molar-refractivity contribution in [2.24, 2.45) is 4.99 Å². The predicted molar refractivity (Wildman–Crippen MR) is 97.7 cm³/mol. The van der Waals surface area contributed by atoms with E-state index in [-0.39, 0.29) is 17.0 Å². The van der Waals surface area contributed by atoms with E-state index in [0.29, 0.717) is 16.5 Å². The predicted octanol–water partition coefficient (Wildman–Crippen LogP) is 4.20. The van der Waals surface area contributed by atoms with Gasteiger partial charge in [0.05, 0.1) is 4.92 Å². The van der Waals surface area contributed by atoms with Crippen molar-refractivity contribution in [2.75, 3.05) is 0 Å². The molecule has 3 rings (SSSR count). The molecule has 2 aromatic rings. The number of nitro groups is 1. The molecule has 1 aliphatic heterocycles. The van der Waals surface area contributed by atoms with E-state index in [4.69, 9.17) is 0 Å². The monoisotopic (exact) mass is 355 g/mol. The van der Waals surface area contributed by atoms with Gasteiger partial charge in [0, 0.05) is 34.5 Å². The highest BCUT2D eigenvalue weighted by Gasteiger charge is 2.42. The molecule has 25 heavy (non-hydrogen) atoms. The lowest BCUT2D eigenvalue weighted by Gasteiger charge is -2.20. The summed E-state index contributed by atoms with van der Waals surface area (Å²) >= 11 is 1.44. The van der Waals surface area contributed by atoms with E-state index >= 15 is 0 Å². The van der Waals surface area contributed by atoms with Crippen molar-refractivity contribution in [3.63, 3.8) is 0 Å². The molecule has 6 nitrogen and oxygen atoms in total. The average Bonchev–Trinajstić information content (AvgIpc) is 3.24. The highest BCUT2D eigenvalue weighted by atomic mass is 32.1. The van der Waals surface area contributed by atoms with E-state index in [9.17, 15) is 14.9 Å².